The number of ether oxygens (including phenoxy) is 2. The zero-order valence-electron chi connectivity index (χ0n) is 17.1. The molecule has 2 aromatic carbocycles. The van der Waals surface area contributed by atoms with Crippen molar-refractivity contribution in [1.82, 2.24) is 14.5 Å². The monoisotopic (exact) mass is 389 g/mol. The molecule has 1 fully saturated rings. The minimum absolute atomic E-state index is 0.725. The van der Waals surface area contributed by atoms with Crippen LogP contribution in [-0.2, 0) is 11.8 Å². The van der Waals surface area contributed by atoms with Crippen molar-refractivity contribution < 1.29 is 9.47 Å². The summed E-state index contributed by atoms with van der Waals surface area (Å²) >= 11 is 0. The highest BCUT2D eigenvalue weighted by Crippen LogP contribution is 2.38. The number of pyridine rings is 1. The molecule has 0 saturated carbocycles. The van der Waals surface area contributed by atoms with Crippen LogP contribution in [0.15, 0.2) is 42.7 Å². The molecule has 3 heterocycles. The van der Waals surface area contributed by atoms with Gasteiger partial charge in [-0.1, -0.05) is 12.1 Å². The van der Waals surface area contributed by atoms with Gasteiger partial charge in [-0.25, -0.2) is 0 Å². The number of benzene rings is 2. The number of hydrogen-bond acceptors (Lipinski definition) is 4. The van der Waals surface area contributed by atoms with Crippen LogP contribution in [0.3, 0.4) is 0 Å². The summed E-state index contributed by atoms with van der Waals surface area (Å²) < 4.78 is 14.0. The summed E-state index contributed by atoms with van der Waals surface area (Å²) in [6.45, 7) is 7.74. The number of morpholine rings is 1. The molecule has 0 unspecified atom stereocenters. The normalized spacial score (nSPS) is 15.5. The van der Waals surface area contributed by atoms with Gasteiger partial charge in [0.05, 0.1) is 30.9 Å². The Morgan fingerprint density at radius 1 is 1.07 bits per heavy atom. The number of hydrogen-bond donors (Lipinski definition) is 0. The number of aryl methyl sites for hydroxylation is 2. The third-order valence-corrected chi connectivity index (χ3v) is 6.11. The summed E-state index contributed by atoms with van der Waals surface area (Å²) in [4.78, 5) is 6.76. The van der Waals surface area contributed by atoms with Gasteiger partial charge < -0.3 is 14.0 Å². The molecule has 29 heavy (non-hydrogen) atoms. The minimum Gasteiger partial charge on any atom is -0.491 e. The number of nitrogens with zero attached hydrogens (tertiary/aromatic N) is 3. The molecule has 5 heteroatoms. The summed E-state index contributed by atoms with van der Waals surface area (Å²) in [6, 6.07) is 10.7. The molecule has 1 aliphatic rings. The fraction of sp³-hybridized carbons (Fsp3) is 0.375. The largest absolute Gasteiger partial charge is 0.491 e. The molecule has 4 aromatic rings. The van der Waals surface area contributed by atoms with Gasteiger partial charge in [0.15, 0.2) is 0 Å². The Bertz CT molecular complexity index is 1180. The molecule has 150 valence electrons. The first-order valence-electron chi connectivity index (χ1n) is 10.4. The number of rotatable bonds is 5. The maximum atomic E-state index is 6.27. The summed E-state index contributed by atoms with van der Waals surface area (Å²) in [7, 11) is 2.14. The van der Waals surface area contributed by atoms with E-state index in [1.165, 1.54) is 38.1 Å². The second kappa shape index (κ2) is 7.65. The molecular weight excluding hydrogens is 362 g/mol. The first kappa shape index (κ1) is 18.4. The molecule has 1 saturated heterocycles. The predicted molar refractivity (Wildman–Crippen MR) is 118 cm³/mol. The van der Waals surface area contributed by atoms with Crippen molar-refractivity contribution in [3.63, 3.8) is 0 Å². The fourth-order valence-electron chi connectivity index (χ4n) is 4.66. The maximum Gasteiger partial charge on any atom is 0.143 e. The van der Waals surface area contributed by atoms with E-state index in [0.717, 1.165) is 51.6 Å². The molecule has 1 aliphatic heterocycles. The minimum atomic E-state index is 0.725. The van der Waals surface area contributed by atoms with E-state index < -0.39 is 0 Å². The highest BCUT2D eigenvalue weighted by Gasteiger charge is 2.16. The third kappa shape index (κ3) is 3.24. The third-order valence-electron chi connectivity index (χ3n) is 6.11. The molecule has 2 aromatic heterocycles. The van der Waals surface area contributed by atoms with Crippen LogP contribution in [0.5, 0.6) is 5.75 Å². The lowest BCUT2D eigenvalue weighted by Crippen LogP contribution is -2.37. The van der Waals surface area contributed by atoms with E-state index in [-0.39, 0.29) is 0 Å². The lowest BCUT2D eigenvalue weighted by Gasteiger charge is -2.26. The molecule has 0 bridgehead atoms. The van der Waals surface area contributed by atoms with Crippen LogP contribution in [0.2, 0.25) is 0 Å². The first-order valence-corrected chi connectivity index (χ1v) is 10.4. The van der Waals surface area contributed by atoms with Crippen molar-refractivity contribution in [2.24, 2.45) is 7.05 Å². The summed E-state index contributed by atoms with van der Waals surface area (Å²) in [6.07, 6.45) is 4.84. The zero-order chi connectivity index (χ0) is 19.8. The zero-order valence-corrected chi connectivity index (χ0v) is 17.1. The number of fused-ring (bicyclic) bond motifs is 4. The predicted octanol–water partition coefficient (Wildman–Crippen LogP) is 4.29. The molecular formula is C24H27N3O2. The highest BCUT2D eigenvalue weighted by molar-refractivity contribution is 6.15. The maximum absolute atomic E-state index is 6.27. The molecule has 5 rings (SSSR count). The molecule has 0 radical (unpaired) electrons. The van der Waals surface area contributed by atoms with Crippen LogP contribution >= 0.6 is 0 Å². The van der Waals surface area contributed by atoms with E-state index in [1.807, 2.05) is 12.4 Å². The number of aromatic nitrogens is 2. The fourth-order valence-corrected chi connectivity index (χ4v) is 4.66. The first-order chi connectivity index (χ1) is 14.2. The van der Waals surface area contributed by atoms with Gasteiger partial charge in [0, 0.05) is 55.2 Å². The van der Waals surface area contributed by atoms with Crippen LogP contribution in [0.1, 0.15) is 12.0 Å². The van der Waals surface area contributed by atoms with Crippen LogP contribution < -0.4 is 4.74 Å². The summed E-state index contributed by atoms with van der Waals surface area (Å²) in [5.41, 5.74) is 3.72. The second-order valence-electron chi connectivity index (χ2n) is 7.86. The Hall–Kier alpha value is -2.63. The lowest BCUT2D eigenvalue weighted by atomic mass is 10.0. The number of para-hydroxylation sites is 1. The Morgan fingerprint density at radius 3 is 2.79 bits per heavy atom. The van der Waals surface area contributed by atoms with Crippen LogP contribution in [-0.4, -0.2) is 53.9 Å². The van der Waals surface area contributed by atoms with E-state index >= 15 is 0 Å². The molecule has 0 N–H and O–H groups in total. The topological polar surface area (TPSA) is 39.5 Å². The van der Waals surface area contributed by atoms with Gasteiger partial charge in [0.25, 0.3) is 0 Å². The average Bonchev–Trinajstić information content (AvgIpc) is 3.05. The smallest absolute Gasteiger partial charge is 0.143 e. The van der Waals surface area contributed by atoms with Crippen LogP contribution in [0.25, 0.3) is 32.6 Å². The van der Waals surface area contributed by atoms with E-state index in [1.54, 1.807) is 0 Å². The van der Waals surface area contributed by atoms with Gasteiger partial charge in [-0.2, -0.15) is 0 Å². The van der Waals surface area contributed by atoms with Crippen molar-refractivity contribution in [3.8, 4) is 5.75 Å². The van der Waals surface area contributed by atoms with Gasteiger partial charge in [0.1, 0.15) is 5.75 Å². The second-order valence-corrected chi connectivity index (χ2v) is 7.86. The van der Waals surface area contributed by atoms with E-state index in [4.69, 9.17) is 9.47 Å². The van der Waals surface area contributed by atoms with Crippen molar-refractivity contribution in [2.45, 2.75) is 13.3 Å². The van der Waals surface area contributed by atoms with E-state index in [0.29, 0.717) is 0 Å². The van der Waals surface area contributed by atoms with Gasteiger partial charge in [-0.05, 0) is 42.5 Å². The van der Waals surface area contributed by atoms with E-state index in [2.05, 4.69) is 58.8 Å². The Morgan fingerprint density at radius 2 is 1.93 bits per heavy atom. The van der Waals surface area contributed by atoms with Gasteiger partial charge >= 0.3 is 0 Å². The standard InChI is InChI=1S/C24H27N3O2/c1-17-19-7-8-25-16-18(19)15-21-20-5-3-6-22(24(20)26(2)23(17)21)29-12-4-9-27-10-13-28-14-11-27/h3,5-8,15-16H,4,9-14H2,1-2H3. The SMILES string of the molecule is Cc1c2ccncc2cc2c3cccc(OCCCN4CCOCC4)c3n(C)c12. The quantitative estimate of drug-likeness (QED) is 0.478. The molecule has 0 atom stereocenters. The van der Waals surface area contributed by atoms with Crippen molar-refractivity contribution in [1.29, 1.82) is 0 Å². The Balaban J connectivity index is 1.47. The van der Waals surface area contributed by atoms with Crippen molar-refractivity contribution in [2.75, 3.05) is 39.5 Å². The highest BCUT2D eigenvalue weighted by atomic mass is 16.5. The van der Waals surface area contributed by atoms with Gasteiger partial charge in [0.2, 0.25) is 0 Å². The van der Waals surface area contributed by atoms with Crippen LogP contribution in [0.4, 0.5) is 0 Å². The van der Waals surface area contributed by atoms with Crippen LogP contribution in [0, 0.1) is 6.92 Å². The molecule has 5 nitrogen and oxygen atoms in total. The molecule has 0 spiro atoms. The molecule has 0 aliphatic carbocycles. The van der Waals surface area contributed by atoms with Gasteiger partial charge in [-0.3, -0.25) is 9.88 Å². The Labute approximate surface area is 170 Å². The van der Waals surface area contributed by atoms with Gasteiger partial charge in [-0.15, -0.1) is 0 Å². The van der Waals surface area contributed by atoms with Crippen molar-refractivity contribution in [3.05, 3.63) is 48.3 Å². The average molecular weight is 389 g/mol. The summed E-state index contributed by atoms with van der Waals surface area (Å²) in [5, 5.41) is 4.94. The molecule has 0 amide bonds. The lowest BCUT2D eigenvalue weighted by molar-refractivity contribution is 0.0358. The van der Waals surface area contributed by atoms with E-state index in [9.17, 15) is 0 Å². The summed E-state index contributed by atoms with van der Waals surface area (Å²) in [5.74, 6) is 0.963. The Kier molecular flexibility index (Phi) is 4.86. The van der Waals surface area contributed by atoms with Crippen molar-refractivity contribution >= 4 is 32.6 Å².